The van der Waals surface area contributed by atoms with Gasteiger partial charge in [-0.25, -0.2) is 0 Å². The van der Waals surface area contributed by atoms with Crippen molar-refractivity contribution < 1.29 is 9.53 Å². The normalized spacial score (nSPS) is 10.2. The fourth-order valence-corrected chi connectivity index (χ4v) is 2.75. The topological polar surface area (TPSA) is 66.5 Å². The smallest absolute Gasteiger partial charge is 0.274 e. The number of pyridine rings is 1. The van der Waals surface area contributed by atoms with Crippen LogP contribution in [0.15, 0.2) is 66.9 Å². The molecule has 0 atom stereocenters. The third-order valence-corrected chi connectivity index (χ3v) is 4.31. The summed E-state index contributed by atoms with van der Waals surface area (Å²) < 4.78 is 5.37. The van der Waals surface area contributed by atoms with Crippen LogP contribution >= 0.6 is 0 Å². The molecule has 0 aliphatic rings. The van der Waals surface area contributed by atoms with Crippen LogP contribution in [0.4, 0.5) is 17.1 Å². The Kier molecular flexibility index (Phi) is 6.11. The maximum Gasteiger partial charge on any atom is 0.274 e. The number of carbonyl (C=O) groups excluding carboxylic acids is 1. The molecule has 6 nitrogen and oxygen atoms in total. The van der Waals surface area contributed by atoms with Crippen LogP contribution in [0.25, 0.3) is 0 Å². The van der Waals surface area contributed by atoms with Crippen LogP contribution in [-0.4, -0.2) is 32.1 Å². The number of methoxy groups -OCH3 is 1. The van der Waals surface area contributed by atoms with Crippen LogP contribution in [0.1, 0.15) is 16.1 Å². The van der Waals surface area contributed by atoms with Crippen molar-refractivity contribution >= 4 is 23.0 Å². The molecule has 2 aromatic carbocycles. The molecule has 3 aromatic rings. The Bertz CT molecular complexity index is 939. The molecule has 0 fully saturated rings. The van der Waals surface area contributed by atoms with Gasteiger partial charge in [-0.1, -0.05) is 18.2 Å². The molecule has 0 unspecified atom stereocenters. The molecule has 28 heavy (non-hydrogen) atoms. The Hall–Kier alpha value is -3.54. The fourth-order valence-electron chi connectivity index (χ4n) is 2.75. The summed E-state index contributed by atoms with van der Waals surface area (Å²) in [6.07, 6.45) is 1.62. The van der Waals surface area contributed by atoms with E-state index in [1.165, 1.54) is 0 Å². The zero-order chi connectivity index (χ0) is 19.9. The van der Waals surface area contributed by atoms with Crippen LogP contribution in [0, 0.1) is 0 Å². The van der Waals surface area contributed by atoms with Gasteiger partial charge < -0.3 is 20.3 Å². The average Bonchev–Trinajstić information content (AvgIpc) is 2.73. The Morgan fingerprint density at radius 2 is 1.79 bits per heavy atom. The lowest BCUT2D eigenvalue weighted by Gasteiger charge is -2.13. The molecule has 0 saturated heterocycles. The van der Waals surface area contributed by atoms with Crippen molar-refractivity contribution in [1.29, 1.82) is 0 Å². The Balaban J connectivity index is 1.66. The largest absolute Gasteiger partial charge is 0.496 e. The third-order valence-electron chi connectivity index (χ3n) is 4.31. The number of nitrogens with one attached hydrogen (secondary N) is 2. The lowest BCUT2D eigenvalue weighted by molar-refractivity contribution is 0.102. The highest BCUT2D eigenvalue weighted by molar-refractivity contribution is 6.03. The molecule has 0 spiro atoms. The van der Waals surface area contributed by atoms with Gasteiger partial charge in [0.25, 0.3) is 5.91 Å². The number of para-hydroxylation sites is 1. The standard InChI is InChI=1S/C22H24N4O2/c1-26(2)19-10-8-17(9-11-19)25-22(27)20-14-18(12-13-23-20)24-15-16-6-4-5-7-21(16)28-3/h4-14H,15H2,1-3H3,(H,23,24)(H,25,27). The zero-order valence-electron chi connectivity index (χ0n) is 16.3. The molecule has 6 heteroatoms. The van der Waals surface area contributed by atoms with Gasteiger partial charge in [-0.15, -0.1) is 0 Å². The second kappa shape index (κ2) is 8.90. The summed E-state index contributed by atoms with van der Waals surface area (Å²) in [6.45, 7) is 0.584. The van der Waals surface area contributed by atoms with Crippen molar-refractivity contribution in [1.82, 2.24) is 4.98 Å². The molecule has 3 rings (SSSR count). The molecule has 0 saturated carbocycles. The highest BCUT2D eigenvalue weighted by Crippen LogP contribution is 2.20. The zero-order valence-corrected chi connectivity index (χ0v) is 16.3. The van der Waals surface area contributed by atoms with E-state index in [1.54, 1.807) is 19.4 Å². The number of anilines is 3. The van der Waals surface area contributed by atoms with Crippen molar-refractivity contribution in [2.45, 2.75) is 6.54 Å². The fraction of sp³-hybridized carbons (Fsp3) is 0.182. The number of carbonyl (C=O) groups is 1. The van der Waals surface area contributed by atoms with Gasteiger partial charge in [-0.2, -0.15) is 0 Å². The van der Waals surface area contributed by atoms with E-state index in [-0.39, 0.29) is 5.91 Å². The molecule has 144 valence electrons. The first-order chi connectivity index (χ1) is 13.6. The summed E-state index contributed by atoms with van der Waals surface area (Å²) in [5.41, 5.74) is 3.99. The summed E-state index contributed by atoms with van der Waals surface area (Å²) in [5.74, 6) is 0.571. The van der Waals surface area contributed by atoms with E-state index >= 15 is 0 Å². The molecule has 1 aromatic heterocycles. The number of aromatic nitrogens is 1. The molecule has 0 radical (unpaired) electrons. The first kappa shape index (κ1) is 19.2. The maximum absolute atomic E-state index is 12.5. The second-order valence-electron chi connectivity index (χ2n) is 6.49. The lowest BCUT2D eigenvalue weighted by atomic mass is 10.2. The molecule has 1 amide bonds. The summed E-state index contributed by atoms with van der Waals surface area (Å²) >= 11 is 0. The predicted molar refractivity (Wildman–Crippen MR) is 113 cm³/mol. The van der Waals surface area contributed by atoms with Gasteiger partial charge in [0.2, 0.25) is 0 Å². The summed E-state index contributed by atoms with van der Waals surface area (Å²) in [6, 6.07) is 19.0. The first-order valence-corrected chi connectivity index (χ1v) is 8.97. The van der Waals surface area contributed by atoms with Crippen molar-refractivity contribution in [2.24, 2.45) is 0 Å². The molecule has 0 aliphatic carbocycles. The molecule has 0 bridgehead atoms. The third kappa shape index (κ3) is 4.79. The van der Waals surface area contributed by atoms with Crippen LogP contribution in [-0.2, 0) is 6.54 Å². The Labute approximate surface area is 165 Å². The van der Waals surface area contributed by atoms with Gasteiger partial charge in [-0.05, 0) is 42.5 Å². The maximum atomic E-state index is 12.5. The number of ether oxygens (including phenoxy) is 1. The minimum Gasteiger partial charge on any atom is -0.496 e. The quantitative estimate of drug-likeness (QED) is 0.652. The van der Waals surface area contributed by atoms with Crippen molar-refractivity contribution in [3.63, 3.8) is 0 Å². The van der Waals surface area contributed by atoms with E-state index in [1.807, 2.05) is 73.6 Å². The average molecular weight is 376 g/mol. The lowest BCUT2D eigenvalue weighted by Crippen LogP contribution is -2.14. The summed E-state index contributed by atoms with van der Waals surface area (Å²) in [4.78, 5) is 18.7. The number of rotatable bonds is 7. The SMILES string of the molecule is COc1ccccc1CNc1ccnc(C(=O)Nc2ccc(N(C)C)cc2)c1. The van der Waals surface area contributed by atoms with Gasteiger partial charge in [-0.3, -0.25) is 9.78 Å². The molecule has 0 aliphatic heterocycles. The molecular formula is C22H24N4O2. The molecular weight excluding hydrogens is 352 g/mol. The Morgan fingerprint density at radius 3 is 2.50 bits per heavy atom. The molecule has 2 N–H and O–H groups in total. The van der Waals surface area contributed by atoms with E-state index in [0.29, 0.717) is 12.2 Å². The monoisotopic (exact) mass is 376 g/mol. The Morgan fingerprint density at radius 1 is 1.04 bits per heavy atom. The van der Waals surface area contributed by atoms with Crippen molar-refractivity contribution in [2.75, 3.05) is 36.7 Å². The number of nitrogens with zero attached hydrogens (tertiary/aromatic N) is 2. The summed E-state index contributed by atoms with van der Waals surface area (Å²) in [5, 5.41) is 6.19. The van der Waals surface area contributed by atoms with Gasteiger partial charge >= 0.3 is 0 Å². The highest BCUT2D eigenvalue weighted by atomic mass is 16.5. The number of hydrogen-bond donors (Lipinski definition) is 2. The van der Waals surface area contributed by atoms with Crippen LogP contribution < -0.4 is 20.3 Å². The van der Waals surface area contributed by atoms with Crippen LogP contribution in [0.3, 0.4) is 0 Å². The van der Waals surface area contributed by atoms with E-state index in [0.717, 1.165) is 28.4 Å². The number of amides is 1. The van der Waals surface area contributed by atoms with E-state index in [2.05, 4.69) is 15.6 Å². The van der Waals surface area contributed by atoms with E-state index in [9.17, 15) is 4.79 Å². The van der Waals surface area contributed by atoms with E-state index < -0.39 is 0 Å². The highest BCUT2D eigenvalue weighted by Gasteiger charge is 2.09. The summed E-state index contributed by atoms with van der Waals surface area (Å²) in [7, 11) is 5.60. The first-order valence-electron chi connectivity index (χ1n) is 8.97. The van der Waals surface area contributed by atoms with Crippen LogP contribution in [0.2, 0.25) is 0 Å². The minimum absolute atomic E-state index is 0.251. The van der Waals surface area contributed by atoms with Gasteiger partial charge in [0.05, 0.1) is 7.11 Å². The van der Waals surface area contributed by atoms with Gasteiger partial charge in [0.15, 0.2) is 0 Å². The van der Waals surface area contributed by atoms with Crippen molar-refractivity contribution in [3.05, 3.63) is 78.1 Å². The predicted octanol–water partition coefficient (Wildman–Crippen LogP) is 4.02. The van der Waals surface area contributed by atoms with Gasteiger partial charge in [0, 0.05) is 49.5 Å². The van der Waals surface area contributed by atoms with E-state index in [4.69, 9.17) is 4.74 Å². The number of benzene rings is 2. The second-order valence-corrected chi connectivity index (χ2v) is 6.49. The minimum atomic E-state index is -0.251. The number of hydrogen-bond acceptors (Lipinski definition) is 5. The van der Waals surface area contributed by atoms with Crippen LogP contribution in [0.5, 0.6) is 5.75 Å². The molecule has 1 heterocycles. The van der Waals surface area contributed by atoms with Gasteiger partial charge in [0.1, 0.15) is 11.4 Å². The van der Waals surface area contributed by atoms with Crippen molar-refractivity contribution in [3.8, 4) is 5.75 Å².